The molecule has 0 saturated heterocycles. The van der Waals surface area contributed by atoms with Crippen molar-refractivity contribution in [2.45, 2.75) is 52.5 Å². The summed E-state index contributed by atoms with van der Waals surface area (Å²) in [4.78, 5) is 21.3. The third kappa shape index (κ3) is 4.80. The van der Waals surface area contributed by atoms with Gasteiger partial charge >= 0.3 is 0 Å². The molecule has 0 bridgehead atoms. The summed E-state index contributed by atoms with van der Waals surface area (Å²) >= 11 is 1.54. The van der Waals surface area contributed by atoms with E-state index in [0.29, 0.717) is 11.7 Å². The topological polar surface area (TPSA) is 80.9 Å². The van der Waals surface area contributed by atoms with Crippen LogP contribution in [0.2, 0.25) is 0 Å². The van der Waals surface area contributed by atoms with E-state index in [1.54, 1.807) is 0 Å². The van der Waals surface area contributed by atoms with E-state index in [2.05, 4.69) is 39.5 Å². The Hall–Kier alpha value is -2.54. The number of amides is 1. The highest BCUT2D eigenvalue weighted by molar-refractivity contribution is 7.13. The van der Waals surface area contributed by atoms with Gasteiger partial charge in [-0.3, -0.25) is 4.79 Å². The van der Waals surface area contributed by atoms with Crippen molar-refractivity contribution in [3.05, 3.63) is 52.6 Å². The van der Waals surface area contributed by atoms with E-state index in [9.17, 15) is 4.79 Å². The minimum Gasteiger partial charge on any atom is -0.344 e. The number of carbonyl (C=O) groups excluding carboxylic acids is 1. The molecule has 1 N–H and O–H groups in total. The summed E-state index contributed by atoms with van der Waals surface area (Å²) < 4.78 is 5.29. The van der Waals surface area contributed by atoms with Gasteiger partial charge in [0, 0.05) is 16.4 Å². The van der Waals surface area contributed by atoms with E-state index in [1.165, 1.54) is 16.9 Å². The first-order valence-electron chi connectivity index (χ1n) is 8.87. The Morgan fingerprint density at radius 2 is 1.93 bits per heavy atom. The Morgan fingerprint density at radius 1 is 1.22 bits per heavy atom. The first-order valence-corrected chi connectivity index (χ1v) is 9.75. The molecule has 3 aromatic rings. The van der Waals surface area contributed by atoms with E-state index in [0.717, 1.165) is 16.3 Å². The lowest BCUT2D eigenvalue weighted by molar-refractivity contribution is -0.121. The van der Waals surface area contributed by atoms with Crippen LogP contribution < -0.4 is 5.32 Å². The fraction of sp³-hybridized carbons (Fsp3) is 0.400. The number of aryl methyl sites for hydroxylation is 1. The Morgan fingerprint density at radius 3 is 2.56 bits per heavy atom. The minimum atomic E-state index is -0.351. The van der Waals surface area contributed by atoms with Crippen LogP contribution >= 0.6 is 11.3 Å². The summed E-state index contributed by atoms with van der Waals surface area (Å²) in [7, 11) is 0. The van der Waals surface area contributed by atoms with Gasteiger partial charge in [0.2, 0.25) is 11.8 Å². The minimum absolute atomic E-state index is 0.126. The summed E-state index contributed by atoms with van der Waals surface area (Å²) in [6.45, 7) is 9.92. The number of benzene rings is 1. The Bertz CT molecular complexity index is 922. The van der Waals surface area contributed by atoms with Crippen LogP contribution in [0.15, 0.2) is 34.2 Å². The maximum absolute atomic E-state index is 12.4. The first kappa shape index (κ1) is 19.2. The molecule has 1 aromatic carbocycles. The SMILES string of the molecule is Cc1ccc(-c2nc(CC(=O)NC(C)c3nc(C(C)(C)C)no3)cs2)cc1. The van der Waals surface area contributed by atoms with Gasteiger partial charge in [-0.05, 0) is 13.8 Å². The van der Waals surface area contributed by atoms with Crippen molar-refractivity contribution in [2.75, 3.05) is 0 Å². The van der Waals surface area contributed by atoms with E-state index in [1.807, 2.05) is 45.2 Å². The van der Waals surface area contributed by atoms with Gasteiger partial charge in [-0.25, -0.2) is 4.98 Å². The Kier molecular flexibility index (Phi) is 5.41. The largest absolute Gasteiger partial charge is 0.344 e. The molecule has 7 heteroatoms. The number of hydrogen-bond donors (Lipinski definition) is 1. The molecule has 0 spiro atoms. The molecule has 0 fully saturated rings. The van der Waals surface area contributed by atoms with Crippen molar-refractivity contribution in [1.29, 1.82) is 0 Å². The molecule has 2 heterocycles. The Balaban J connectivity index is 1.61. The highest BCUT2D eigenvalue weighted by atomic mass is 32.1. The zero-order valence-electron chi connectivity index (χ0n) is 16.2. The standard InChI is InChI=1S/C20H24N4O2S/c1-12-6-8-14(9-7-12)18-22-15(11-27-18)10-16(25)21-13(2)17-23-19(24-26-17)20(3,4)5/h6-9,11,13H,10H2,1-5H3,(H,21,25). The van der Waals surface area contributed by atoms with Gasteiger partial charge in [-0.2, -0.15) is 4.98 Å². The van der Waals surface area contributed by atoms with Gasteiger partial charge < -0.3 is 9.84 Å². The van der Waals surface area contributed by atoms with Gasteiger partial charge in [0.1, 0.15) is 11.0 Å². The summed E-state index contributed by atoms with van der Waals surface area (Å²) in [5, 5.41) is 9.73. The van der Waals surface area contributed by atoms with E-state index < -0.39 is 0 Å². The maximum atomic E-state index is 12.4. The zero-order valence-corrected chi connectivity index (χ0v) is 17.1. The molecule has 0 radical (unpaired) electrons. The third-order valence-corrected chi connectivity index (χ3v) is 4.99. The zero-order chi connectivity index (χ0) is 19.6. The lowest BCUT2D eigenvalue weighted by atomic mass is 9.96. The molecule has 27 heavy (non-hydrogen) atoms. The molecule has 6 nitrogen and oxygen atoms in total. The third-order valence-electron chi connectivity index (χ3n) is 4.05. The van der Waals surface area contributed by atoms with E-state index >= 15 is 0 Å². The lowest BCUT2D eigenvalue weighted by Crippen LogP contribution is -2.28. The van der Waals surface area contributed by atoms with Gasteiger partial charge in [-0.1, -0.05) is 55.8 Å². The number of carbonyl (C=O) groups is 1. The van der Waals surface area contributed by atoms with Crippen molar-refractivity contribution >= 4 is 17.2 Å². The second-order valence-electron chi connectivity index (χ2n) is 7.68. The van der Waals surface area contributed by atoms with Gasteiger partial charge in [0.05, 0.1) is 12.1 Å². The van der Waals surface area contributed by atoms with Crippen molar-refractivity contribution in [3.8, 4) is 10.6 Å². The fourth-order valence-electron chi connectivity index (χ4n) is 2.45. The second-order valence-corrected chi connectivity index (χ2v) is 8.54. The maximum Gasteiger partial charge on any atom is 0.248 e. The molecule has 0 aliphatic rings. The number of aromatic nitrogens is 3. The number of hydrogen-bond acceptors (Lipinski definition) is 6. The molecular formula is C20H24N4O2S. The van der Waals surface area contributed by atoms with Crippen molar-refractivity contribution in [3.63, 3.8) is 0 Å². The van der Waals surface area contributed by atoms with Crippen LogP contribution in [0.5, 0.6) is 0 Å². The lowest BCUT2D eigenvalue weighted by Gasteiger charge is -2.11. The highest BCUT2D eigenvalue weighted by Crippen LogP contribution is 2.24. The fourth-order valence-corrected chi connectivity index (χ4v) is 3.28. The number of nitrogens with zero attached hydrogens (tertiary/aromatic N) is 3. The number of rotatable bonds is 5. The van der Waals surface area contributed by atoms with Crippen LogP contribution in [0, 0.1) is 6.92 Å². The average Bonchev–Trinajstić information content (AvgIpc) is 3.24. The normalized spacial score (nSPS) is 12.8. The predicted octanol–water partition coefficient (Wildman–Crippen LogP) is 4.22. The summed E-state index contributed by atoms with van der Waals surface area (Å²) in [6.07, 6.45) is 0.215. The van der Waals surface area contributed by atoms with Gasteiger partial charge in [-0.15, -0.1) is 11.3 Å². The second kappa shape index (κ2) is 7.60. The molecule has 2 aromatic heterocycles. The van der Waals surface area contributed by atoms with Crippen LogP contribution in [0.4, 0.5) is 0 Å². The molecule has 3 rings (SSSR count). The average molecular weight is 385 g/mol. The molecular weight excluding hydrogens is 360 g/mol. The molecule has 1 atom stereocenters. The quantitative estimate of drug-likeness (QED) is 0.712. The van der Waals surface area contributed by atoms with Crippen LogP contribution in [-0.2, 0) is 16.6 Å². The van der Waals surface area contributed by atoms with E-state index in [-0.39, 0.29) is 23.8 Å². The predicted molar refractivity (Wildman–Crippen MR) is 106 cm³/mol. The van der Waals surface area contributed by atoms with E-state index in [4.69, 9.17) is 4.52 Å². The molecule has 142 valence electrons. The van der Waals surface area contributed by atoms with Crippen LogP contribution in [0.1, 0.15) is 56.7 Å². The van der Waals surface area contributed by atoms with Crippen molar-refractivity contribution in [1.82, 2.24) is 20.4 Å². The van der Waals surface area contributed by atoms with Gasteiger partial charge in [0.25, 0.3) is 0 Å². The molecule has 1 amide bonds. The summed E-state index contributed by atoms with van der Waals surface area (Å²) in [5.41, 5.74) is 2.82. The van der Waals surface area contributed by atoms with Crippen LogP contribution in [0.25, 0.3) is 10.6 Å². The number of thiazole rings is 1. The van der Waals surface area contributed by atoms with Crippen molar-refractivity contribution < 1.29 is 9.32 Å². The first-order chi connectivity index (χ1) is 12.7. The Labute approximate surface area is 163 Å². The molecule has 0 saturated carbocycles. The monoisotopic (exact) mass is 384 g/mol. The smallest absolute Gasteiger partial charge is 0.248 e. The number of nitrogens with one attached hydrogen (secondary N) is 1. The molecule has 1 unspecified atom stereocenters. The molecule has 0 aliphatic heterocycles. The van der Waals surface area contributed by atoms with Crippen LogP contribution in [-0.4, -0.2) is 21.0 Å². The van der Waals surface area contributed by atoms with Gasteiger partial charge in [0.15, 0.2) is 5.82 Å². The summed E-state index contributed by atoms with van der Waals surface area (Å²) in [5.74, 6) is 0.909. The summed E-state index contributed by atoms with van der Waals surface area (Å²) in [6, 6.07) is 7.85. The van der Waals surface area contributed by atoms with Crippen molar-refractivity contribution in [2.24, 2.45) is 0 Å². The highest BCUT2D eigenvalue weighted by Gasteiger charge is 2.24. The van der Waals surface area contributed by atoms with Crippen LogP contribution in [0.3, 0.4) is 0 Å². The molecule has 0 aliphatic carbocycles.